The highest BCUT2D eigenvalue weighted by atomic mass is 35.5. The summed E-state index contributed by atoms with van der Waals surface area (Å²) in [5, 5.41) is 5.26. The molecule has 1 heterocycles. The summed E-state index contributed by atoms with van der Waals surface area (Å²) < 4.78 is 0. The Hall–Kier alpha value is -1.01. The zero-order valence-electron chi connectivity index (χ0n) is 6.00. The van der Waals surface area contributed by atoms with Gasteiger partial charge in [-0.3, -0.25) is 0 Å². The van der Waals surface area contributed by atoms with Gasteiger partial charge in [0.2, 0.25) is 11.3 Å². The van der Waals surface area contributed by atoms with Crippen molar-refractivity contribution in [2.45, 2.75) is 6.92 Å². The zero-order chi connectivity index (χ0) is 8.27. The largest absolute Gasteiger partial charge is 0.366 e. The molecule has 0 radical (unpaired) electrons. The first-order valence-electron chi connectivity index (χ1n) is 3.11. The van der Waals surface area contributed by atoms with Crippen LogP contribution in [-0.2, 0) is 0 Å². The van der Waals surface area contributed by atoms with Crippen LogP contribution in [0.4, 0.5) is 0 Å². The van der Waals surface area contributed by atoms with Crippen molar-refractivity contribution in [1.29, 1.82) is 0 Å². The highest BCUT2D eigenvalue weighted by Gasteiger charge is 2.08. The molecule has 7 heteroatoms. The first kappa shape index (κ1) is 8.09. The van der Waals surface area contributed by atoms with E-state index in [0.717, 1.165) is 0 Å². The number of guanidine groups is 1. The van der Waals surface area contributed by atoms with E-state index in [1.165, 1.54) is 5.23 Å². The van der Waals surface area contributed by atoms with Gasteiger partial charge in [-0.25, -0.2) is 5.43 Å². The number of nitrogens with two attached hydrogens (primary N) is 1. The quantitative estimate of drug-likeness (QED) is 0.480. The topological polar surface area (TPSA) is 78.0 Å². The van der Waals surface area contributed by atoms with E-state index in [9.17, 15) is 0 Å². The second kappa shape index (κ2) is 3.40. The molecule has 11 heavy (non-hydrogen) atoms. The molecule has 0 aliphatic carbocycles. The van der Waals surface area contributed by atoms with Crippen LogP contribution in [0.1, 0.15) is 6.92 Å². The summed E-state index contributed by atoms with van der Waals surface area (Å²) in [7, 11) is 0. The molecule has 0 atom stereocenters. The van der Waals surface area contributed by atoms with Crippen molar-refractivity contribution in [3.05, 3.63) is 0 Å². The molecule has 0 saturated heterocycles. The van der Waals surface area contributed by atoms with Gasteiger partial charge in [-0.05, 0) is 11.6 Å². The molecular weight excluding hydrogens is 168 g/mol. The average Bonchev–Trinajstić information content (AvgIpc) is 1.85. The highest BCUT2D eigenvalue weighted by Crippen LogP contribution is 1.91. The van der Waals surface area contributed by atoms with Gasteiger partial charge in [0.1, 0.15) is 0 Å². The van der Waals surface area contributed by atoms with Gasteiger partial charge in [0.25, 0.3) is 0 Å². The summed E-state index contributed by atoms with van der Waals surface area (Å²) in [4.78, 5) is 3.63. The molecule has 6 nitrogen and oxygen atoms in total. The van der Waals surface area contributed by atoms with Gasteiger partial charge in [-0.15, -0.1) is 10.3 Å². The molecule has 0 aromatic heterocycles. The van der Waals surface area contributed by atoms with Gasteiger partial charge in [-0.1, -0.05) is 6.92 Å². The van der Waals surface area contributed by atoms with Crippen LogP contribution in [0.5, 0.6) is 0 Å². The number of halogens is 1. The van der Waals surface area contributed by atoms with Crippen molar-refractivity contribution in [3.63, 3.8) is 0 Å². The minimum atomic E-state index is 0.120. The highest BCUT2D eigenvalue weighted by molar-refractivity contribution is 6.65. The lowest BCUT2D eigenvalue weighted by Gasteiger charge is -2.21. The SMILES string of the molecule is CCNN1N=C(N)N=C(Cl)N1. The number of amidine groups is 1. The molecule has 4 N–H and O–H groups in total. The van der Waals surface area contributed by atoms with Crippen molar-refractivity contribution in [2.75, 3.05) is 6.54 Å². The zero-order valence-corrected chi connectivity index (χ0v) is 6.76. The van der Waals surface area contributed by atoms with Crippen molar-refractivity contribution >= 4 is 22.9 Å². The summed E-state index contributed by atoms with van der Waals surface area (Å²) >= 11 is 5.54. The monoisotopic (exact) mass is 176 g/mol. The predicted octanol–water partition coefficient (Wildman–Crippen LogP) is -0.844. The van der Waals surface area contributed by atoms with Crippen molar-refractivity contribution in [3.8, 4) is 0 Å². The van der Waals surface area contributed by atoms with Crippen molar-refractivity contribution in [2.24, 2.45) is 15.8 Å². The van der Waals surface area contributed by atoms with Crippen LogP contribution in [0.25, 0.3) is 0 Å². The van der Waals surface area contributed by atoms with Crippen LogP contribution < -0.4 is 16.6 Å². The Morgan fingerprint density at radius 3 is 3.09 bits per heavy atom. The van der Waals surface area contributed by atoms with Crippen molar-refractivity contribution in [1.82, 2.24) is 16.1 Å². The van der Waals surface area contributed by atoms with E-state index in [1.807, 2.05) is 6.92 Å². The summed E-state index contributed by atoms with van der Waals surface area (Å²) in [6, 6.07) is 0. The first-order chi connectivity index (χ1) is 5.22. The minimum Gasteiger partial charge on any atom is -0.366 e. The number of nitrogens with one attached hydrogen (secondary N) is 2. The molecule has 1 aliphatic rings. The van der Waals surface area contributed by atoms with E-state index in [2.05, 4.69) is 20.9 Å². The molecular formula is C4H9ClN6. The molecule has 0 fully saturated rings. The third-order valence-electron chi connectivity index (χ3n) is 0.921. The number of hydrazine groups is 2. The van der Waals surface area contributed by atoms with Gasteiger partial charge in [-0.2, -0.15) is 10.4 Å². The molecule has 0 unspecified atom stereocenters. The molecule has 0 saturated carbocycles. The van der Waals surface area contributed by atoms with Crippen LogP contribution in [0.15, 0.2) is 10.1 Å². The molecule has 1 rings (SSSR count). The summed E-state index contributed by atoms with van der Waals surface area (Å²) in [5.41, 5.74) is 10.8. The molecule has 0 aromatic carbocycles. The minimum absolute atomic E-state index is 0.120. The number of aliphatic imine (C=N–C) groups is 1. The lowest BCUT2D eigenvalue weighted by molar-refractivity contribution is 0.161. The number of hydrogen-bond donors (Lipinski definition) is 3. The lowest BCUT2D eigenvalue weighted by Crippen LogP contribution is -2.49. The normalized spacial score (nSPS) is 17.1. The Balaban J connectivity index is 2.56. The fraction of sp³-hybridized carbons (Fsp3) is 0.500. The third-order valence-corrected chi connectivity index (χ3v) is 1.09. The van der Waals surface area contributed by atoms with Gasteiger partial charge in [0.15, 0.2) is 0 Å². The number of rotatable bonds is 2. The fourth-order valence-electron chi connectivity index (χ4n) is 0.587. The average molecular weight is 177 g/mol. The second-order valence-corrected chi connectivity index (χ2v) is 2.15. The van der Waals surface area contributed by atoms with Gasteiger partial charge >= 0.3 is 0 Å². The Morgan fingerprint density at radius 1 is 1.82 bits per heavy atom. The first-order valence-corrected chi connectivity index (χ1v) is 3.48. The molecule has 0 bridgehead atoms. The standard InChI is InChI=1S/C4H9ClN6/c1-2-7-11-9-3(5)8-4(6)10-11/h7H,2H2,1H3,(H3,6,8,9,10). The molecule has 0 spiro atoms. The van der Waals surface area contributed by atoms with E-state index in [-0.39, 0.29) is 11.3 Å². The summed E-state index contributed by atoms with van der Waals surface area (Å²) in [6.07, 6.45) is 0. The fourth-order valence-corrected chi connectivity index (χ4v) is 0.754. The van der Waals surface area contributed by atoms with Crippen LogP contribution in [-0.4, -0.2) is 23.0 Å². The Bertz CT molecular complexity index is 199. The molecule has 0 aromatic rings. The van der Waals surface area contributed by atoms with E-state index >= 15 is 0 Å². The number of hydrogen-bond acceptors (Lipinski definition) is 6. The van der Waals surface area contributed by atoms with E-state index in [1.54, 1.807) is 0 Å². The van der Waals surface area contributed by atoms with Crippen LogP contribution in [0, 0.1) is 0 Å². The molecule has 62 valence electrons. The number of hydrazone groups is 1. The van der Waals surface area contributed by atoms with E-state index in [0.29, 0.717) is 6.54 Å². The third kappa shape index (κ3) is 2.24. The van der Waals surface area contributed by atoms with E-state index < -0.39 is 0 Å². The summed E-state index contributed by atoms with van der Waals surface area (Å²) in [5.74, 6) is 0.120. The number of nitrogens with zero attached hydrogens (tertiary/aromatic N) is 3. The lowest BCUT2D eigenvalue weighted by atomic mass is 10.8. The molecule has 0 amide bonds. The molecule has 1 aliphatic heterocycles. The van der Waals surface area contributed by atoms with Gasteiger partial charge in [0.05, 0.1) is 0 Å². The van der Waals surface area contributed by atoms with Crippen LogP contribution in [0.2, 0.25) is 0 Å². The predicted molar refractivity (Wildman–Crippen MR) is 43.6 cm³/mol. The van der Waals surface area contributed by atoms with Crippen molar-refractivity contribution < 1.29 is 0 Å². The Morgan fingerprint density at radius 2 is 2.55 bits per heavy atom. The van der Waals surface area contributed by atoms with E-state index in [4.69, 9.17) is 17.3 Å². The maximum absolute atomic E-state index is 5.54. The maximum Gasteiger partial charge on any atom is 0.243 e. The smallest absolute Gasteiger partial charge is 0.243 e. The van der Waals surface area contributed by atoms with Crippen LogP contribution in [0.3, 0.4) is 0 Å². The Labute approximate surface area is 69.0 Å². The Kier molecular flexibility index (Phi) is 2.50. The second-order valence-electron chi connectivity index (χ2n) is 1.80. The van der Waals surface area contributed by atoms with Gasteiger partial charge in [0, 0.05) is 6.54 Å². The van der Waals surface area contributed by atoms with Crippen LogP contribution >= 0.6 is 11.6 Å². The summed E-state index contributed by atoms with van der Waals surface area (Å²) in [6.45, 7) is 2.64. The van der Waals surface area contributed by atoms with Gasteiger partial charge < -0.3 is 5.73 Å². The maximum atomic E-state index is 5.54.